The maximum absolute atomic E-state index is 12.2. The number of nitrogens with two attached hydrogens (primary N) is 1. The molecule has 10 heteroatoms. The lowest BCUT2D eigenvalue weighted by atomic mass is 9.89. The van der Waals surface area contributed by atoms with E-state index in [0.29, 0.717) is 24.1 Å². The Morgan fingerprint density at radius 1 is 0.679 bits per heavy atom. The number of ether oxygens (including phenoxy) is 2. The monoisotopic (exact) mass is 758 g/mol. The molecule has 10 nitrogen and oxygen atoms in total. The van der Waals surface area contributed by atoms with E-state index in [0.717, 1.165) is 92.8 Å². The fraction of sp³-hybridized carbons (Fsp3) is 0.457. The lowest BCUT2D eigenvalue weighted by Gasteiger charge is -2.33. The lowest BCUT2D eigenvalue weighted by Crippen LogP contribution is -2.42. The van der Waals surface area contributed by atoms with Crippen LogP contribution in [0.3, 0.4) is 0 Å². The van der Waals surface area contributed by atoms with Crippen molar-refractivity contribution in [1.82, 2.24) is 19.8 Å². The molecule has 0 aliphatic carbocycles. The van der Waals surface area contributed by atoms with Crippen molar-refractivity contribution in [3.8, 4) is 22.5 Å². The van der Waals surface area contributed by atoms with Crippen LogP contribution < -0.4 is 5.73 Å². The van der Waals surface area contributed by atoms with Crippen LogP contribution in [-0.2, 0) is 28.9 Å². The molecule has 2 saturated heterocycles. The molecule has 0 saturated carbocycles. The molecule has 0 unspecified atom stereocenters. The second-order valence-electron chi connectivity index (χ2n) is 16.9. The minimum atomic E-state index is -0.451. The first-order valence-electron chi connectivity index (χ1n) is 19.8. The summed E-state index contributed by atoms with van der Waals surface area (Å²) < 4.78 is 11.0. The first-order valence-corrected chi connectivity index (χ1v) is 19.8. The molecule has 2 aromatic heterocycles. The van der Waals surface area contributed by atoms with Crippen molar-refractivity contribution in [3.05, 3.63) is 113 Å². The molecule has 0 radical (unpaired) electrons. The number of piperidine rings is 2. The minimum Gasteiger partial charge on any atom is -0.444 e. The van der Waals surface area contributed by atoms with Gasteiger partial charge in [0, 0.05) is 50.7 Å². The predicted molar refractivity (Wildman–Crippen MR) is 222 cm³/mol. The molecule has 4 aromatic rings. The largest absolute Gasteiger partial charge is 0.444 e. The Hall–Kier alpha value is -5.27. The molecule has 2 aliphatic rings. The molecule has 2 aliphatic heterocycles. The molecule has 2 aromatic carbocycles. The Bertz CT molecular complexity index is 1960. The van der Waals surface area contributed by atoms with Gasteiger partial charge in [0.05, 0.1) is 18.0 Å². The summed E-state index contributed by atoms with van der Waals surface area (Å²) in [6, 6.07) is 24.5. The fourth-order valence-corrected chi connectivity index (χ4v) is 7.08. The van der Waals surface area contributed by atoms with E-state index in [1.807, 2.05) is 81.8 Å². The molecule has 4 heterocycles. The Kier molecular flexibility index (Phi) is 14.2. The van der Waals surface area contributed by atoms with Crippen molar-refractivity contribution >= 4 is 17.9 Å². The van der Waals surface area contributed by atoms with Crippen LogP contribution in [0.5, 0.6) is 0 Å². The van der Waals surface area contributed by atoms with Gasteiger partial charge in [0.15, 0.2) is 5.69 Å². The van der Waals surface area contributed by atoms with Crippen molar-refractivity contribution < 1.29 is 19.1 Å². The second-order valence-corrected chi connectivity index (χ2v) is 16.9. The van der Waals surface area contributed by atoms with Gasteiger partial charge in [-0.1, -0.05) is 36.4 Å². The summed E-state index contributed by atoms with van der Waals surface area (Å²) in [4.78, 5) is 40.5. The third-order valence-electron chi connectivity index (χ3n) is 9.96. The number of nitrogens with zero attached hydrogens (tertiary/aromatic N) is 5. The van der Waals surface area contributed by atoms with Gasteiger partial charge >= 0.3 is 12.2 Å². The van der Waals surface area contributed by atoms with Crippen molar-refractivity contribution in [2.75, 3.05) is 26.2 Å². The zero-order chi connectivity index (χ0) is 40.3. The predicted octanol–water partition coefficient (Wildman–Crippen LogP) is 9.89. The van der Waals surface area contributed by atoms with Crippen LogP contribution in [0.25, 0.3) is 27.4 Å². The number of aromatic nitrogens is 2. The van der Waals surface area contributed by atoms with Crippen molar-refractivity contribution in [2.24, 2.45) is 17.6 Å². The summed E-state index contributed by atoms with van der Waals surface area (Å²) in [6.07, 6.45) is 9.07. The minimum absolute atomic E-state index is 0.196. The highest BCUT2D eigenvalue weighted by molar-refractivity contribution is 5.69. The van der Waals surface area contributed by atoms with E-state index >= 15 is 0 Å². The Labute approximate surface area is 333 Å². The van der Waals surface area contributed by atoms with Gasteiger partial charge in [0.25, 0.3) is 0 Å². The van der Waals surface area contributed by atoms with Gasteiger partial charge in [-0.3, -0.25) is 9.97 Å². The van der Waals surface area contributed by atoms with Gasteiger partial charge < -0.3 is 25.0 Å². The molecule has 56 heavy (non-hydrogen) atoms. The van der Waals surface area contributed by atoms with Gasteiger partial charge in [-0.25, -0.2) is 14.4 Å². The normalized spacial score (nSPS) is 15.3. The van der Waals surface area contributed by atoms with Crippen LogP contribution in [0.1, 0.15) is 83.9 Å². The maximum Gasteiger partial charge on any atom is 0.410 e. The molecular weight excluding hydrogens is 701 g/mol. The zero-order valence-corrected chi connectivity index (χ0v) is 34.0. The summed E-state index contributed by atoms with van der Waals surface area (Å²) in [5.41, 5.74) is 13.1. The molecule has 2 fully saturated rings. The van der Waals surface area contributed by atoms with E-state index in [2.05, 4.69) is 57.3 Å². The number of rotatable bonds is 7. The first kappa shape index (κ1) is 41.9. The average Bonchev–Trinajstić information content (AvgIpc) is 3.17. The number of hydrogen-bond donors (Lipinski definition) is 1. The Balaban J connectivity index is 0.000000214. The highest BCUT2D eigenvalue weighted by Crippen LogP contribution is 2.28. The highest BCUT2D eigenvalue weighted by atomic mass is 16.6. The smallest absolute Gasteiger partial charge is 0.410 e. The molecule has 0 spiro atoms. The van der Waals surface area contributed by atoms with E-state index in [4.69, 9.17) is 21.8 Å². The van der Waals surface area contributed by atoms with Crippen LogP contribution >= 0.6 is 0 Å². The number of carbonyl (C=O) groups excluding carboxylic acids is 2. The first-order chi connectivity index (χ1) is 26.7. The van der Waals surface area contributed by atoms with Crippen LogP contribution in [0.4, 0.5) is 15.3 Å². The summed E-state index contributed by atoms with van der Waals surface area (Å²) in [5, 5.41) is 0. The van der Waals surface area contributed by atoms with Crippen LogP contribution in [0.2, 0.25) is 0 Å². The average molecular weight is 759 g/mol. The van der Waals surface area contributed by atoms with Crippen LogP contribution in [0.15, 0.2) is 85.2 Å². The standard InChI is InChI=1S/C23H27N3O2.C23H31N3O2/c1-23(2,3)28-22(27)26-12-9-17(10-13-26)14-18-6-5-7-19(15-18)21-16-20(24-4)8-11-25-21;1-23(2,3)28-22(27)26-11-8-17(9-12-26)13-18-5-4-6-20(14-18)21-15-19(16-24)7-10-25-21/h5-8,11,15-17H,9-10,12-14H2,1-3H3;4-7,10,14-15,17H,8-9,11-13,16,24H2,1-3H3. The summed E-state index contributed by atoms with van der Waals surface area (Å²) in [7, 11) is 0. The number of likely N-dealkylation sites (tertiary alicyclic amines) is 2. The van der Waals surface area contributed by atoms with E-state index in [1.165, 1.54) is 11.1 Å². The van der Waals surface area contributed by atoms with E-state index < -0.39 is 11.2 Å². The number of amides is 2. The third-order valence-corrected chi connectivity index (χ3v) is 9.96. The molecule has 296 valence electrons. The van der Waals surface area contributed by atoms with Crippen LogP contribution in [0, 0.1) is 18.4 Å². The van der Waals surface area contributed by atoms with Gasteiger partial charge in [-0.05, 0) is 151 Å². The number of hydrogen-bond acceptors (Lipinski definition) is 7. The SMILES string of the molecule is CC(C)(C)OC(=O)N1CCC(Cc2cccc(-c3cc(CN)ccn3)c2)CC1.[C-]#[N+]c1ccnc(-c2cccc(CC3CCN(C(=O)OC(C)(C)C)CC3)c2)c1. The number of pyridine rings is 2. The quantitative estimate of drug-likeness (QED) is 0.187. The maximum atomic E-state index is 12.2. The van der Waals surface area contributed by atoms with Crippen molar-refractivity contribution in [2.45, 2.75) is 97.8 Å². The molecular formula is C46H58N6O4. The number of carbonyl (C=O) groups is 2. The van der Waals surface area contributed by atoms with Crippen LogP contribution in [-0.4, -0.2) is 69.3 Å². The third kappa shape index (κ3) is 12.9. The molecule has 2 amide bonds. The van der Waals surface area contributed by atoms with Crippen molar-refractivity contribution in [3.63, 3.8) is 0 Å². The van der Waals surface area contributed by atoms with Crippen molar-refractivity contribution in [1.29, 1.82) is 0 Å². The van der Waals surface area contributed by atoms with Gasteiger partial charge in [-0.15, -0.1) is 0 Å². The summed E-state index contributed by atoms with van der Waals surface area (Å²) >= 11 is 0. The second kappa shape index (κ2) is 19.1. The summed E-state index contributed by atoms with van der Waals surface area (Å²) in [5.74, 6) is 1.13. The molecule has 6 rings (SSSR count). The van der Waals surface area contributed by atoms with Gasteiger partial charge in [-0.2, -0.15) is 0 Å². The number of benzene rings is 2. The lowest BCUT2D eigenvalue weighted by molar-refractivity contribution is 0.0174. The Morgan fingerprint density at radius 3 is 1.55 bits per heavy atom. The van der Waals surface area contributed by atoms with E-state index in [1.54, 1.807) is 12.3 Å². The molecule has 0 bridgehead atoms. The van der Waals surface area contributed by atoms with E-state index in [-0.39, 0.29) is 12.2 Å². The Morgan fingerprint density at radius 2 is 1.12 bits per heavy atom. The summed E-state index contributed by atoms with van der Waals surface area (Å²) in [6.45, 7) is 22.1. The van der Waals surface area contributed by atoms with E-state index in [9.17, 15) is 9.59 Å². The van der Waals surface area contributed by atoms with Gasteiger partial charge in [0.2, 0.25) is 0 Å². The highest BCUT2D eigenvalue weighted by Gasteiger charge is 2.28. The fourth-order valence-electron chi connectivity index (χ4n) is 7.08. The zero-order valence-electron chi connectivity index (χ0n) is 34.0. The topological polar surface area (TPSA) is 115 Å². The molecule has 2 N–H and O–H groups in total. The molecule has 0 atom stereocenters. The van der Waals surface area contributed by atoms with Gasteiger partial charge in [0.1, 0.15) is 11.2 Å².